The van der Waals surface area contributed by atoms with E-state index in [1.807, 2.05) is 20.8 Å². The predicted octanol–water partition coefficient (Wildman–Crippen LogP) is 2.27. The lowest BCUT2D eigenvalue weighted by molar-refractivity contribution is 0.543. The van der Waals surface area contributed by atoms with Gasteiger partial charge in [0.2, 0.25) is 0 Å². The molecule has 1 N–H and O–H groups in total. The van der Waals surface area contributed by atoms with Gasteiger partial charge < -0.3 is 4.98 Å². The zero-order valence-corrected chi connectivity index (χ0v) is 10.5. The molecule has 5 heteroatoms. The van der Waals surface area contributed by atoms with E-state index >= 15 is 0 Å². The zero-order chi connectivity index (χ0) is 13.3. The second-order valence-electron chi connectivity index (χ2n) is 5.12. The minimum Gasteiger partial charge on any atom is -0.310 e. The molecule has 0 aliphatic carbocycles. The second kappa shape index (κ2) is 4.33. The minimum atomic E-state index is -0.452. The lowest BCUT2D eigenvalue weighted by atomic mass is 9.95. The van der Waals surface area contributed by atoms with Gasteiger partial charge in [-0.1, -0.05) is 20.8 Å². The normalized spacial score (nSPS) is 11.6. The molecule has 18 heavy (non-hydrogen) atoms. The molecule has 2 rings (SSSR count). The van der Waals surface area contributed by atoms with Crippen LogP contribution in [0, 0.1) is 5.82 Å². The van der Waals surface area contributed by atoms with Crippen molar-refractivity contribution in [2.24, 2.45) is 0 Å². The number of nitrogens with zero attached hydrogens (tertiary/aromatic N) is 2. The third kappa shape index (κ3) is 2.61. The number of pyridine rings is 1. The summed E-state index contributed by atoms with van der Waals surface area (Å²) in [5.74, 6) is 0.112. The summed E-state index contributed by atoms with van der Waals surface area (Å²) in [7, 11) is 0. The number of aromatic amines is 1. The summed E-state index contributed by atoms with van der Waals surface area (Å²) in [5.41, 5.74) is 0.382. The Hall–Kier alpha value is -2.04. The number of hydrogen-bond donors (Lipinski definition) is 1. The standard InChI is InChI=1S/C13H14FN3O/c1-13(2,3)12-16-10(5-11(18)17-12)8-4-9(14)7-15-6-8/h4-7H,1-3H3,(H,16,17,18). The van der Waals surface area contributed by atoms with E-state index < -0.39 is 5.82 Å². The molecule has 94 valence electrons. The van der Waals surface area contributed by atoms with Crippen LogP contribution in [-0.2, 0) is 5.41 Å². The monoisotopic (exact) mass is 247 g/mol. The maximum atomic E-state index is 13.1. The first-order valence-corrected chi connectivity index (χ1v) is 5.59. The maximum Gasteiger partial charge on any atom is 0.251 e. The van der Waals surface area contributed by atoms with Gasteiger partial charge in [-0.3, -0.25) is 9.78 Å². The summed E-state index contributed by atoms with van der Waals surface area (Å²) in [6.45, 7) is 5.83. The average molecular weight is 247 g/mol. The van der Waals surface area contributed by atoms with Gasteiger partial charge in [-0.25, -0.2) is 9.37 Å². The number of H-pyrrole nitrogens is 1. The van der Waals surface area contributed by atoms with Gasteiger partial charge in [-0.15, -0.1) is 0 Å². The number of rotatable bonds is 1. The SMILES string of the molecule is CC(C)(C)c1nc(-c2cncc(F)c2)cc(=O)[nH]1. The van der Waals surface area contributed by atoms with Gasteiger partial charge in [0.15, 0.2) is 0 Å². The Morgan fingerprint density at radius 1 is 1.22 bits per heavy atom. The van der Waals surface area contributed by atoms with E-state index in [1.54, 1.807) is 0 Å². The van der Waals surface area contributed by atoms with E-state index in [0.29, 0.717) is 17.1 Å². The number of aromatic nitrogens is 3. The van der Waals surface area contributed by atoms with Crippen LogP contribution in [0.4, 0.5) is 4.39 Å². The molecule has 0 aliphatic heterocycles. The molecule has 0 unspecified atom stereocenters. The Bertz CT molecular complexity index is 629. The molecule has 0 saturated heterocycles. The molecule has 0 aliphatic rings. The van der Waals surface area contributed by atoms with Gasteiger partial charge >= 0.3 is 0 Å². The van der Waals surface area contributed by atoms with Crippen molar-refractivity contribution in [1.29, 1.82) is 0 Å². The van der Waals surface area contributed by atoms with E-state index in [-0.39, 0.29) is 11.0 Å². The largest absolute Gasteiger partial charge is 0.310 e. The highest BCUT2D eigenvalue weighted by Crippen LogP contribution is 2.20. The van der Waals surface area contributed by atoms with Gasteiger partial charge in [0.25, 0.3) is 5.56 Å². The Labute approximate surface area is 104 Å². The molecular weight excluding hydrogens is 233 g/mol. The van der Waals surface area contributed by atoms with Crippen molar-refractivity contribution in [3.63, 3.8) is 0 Å². The predicted molar refractivity (Wildman–Crippen MR) is 66.7 cm³/mol. The van der Waals surface area contributed by atoms with Crippen molar-refractivity contribution in [2.75, 3.05) is 0 Å². The third-order valence-electron chi connectivity index (χ3n) is 2.45. The molecule has 2 aromatic rings. The second-order valence-corrected chi connectivity index (χ2v) is 5.12. The van der Waals surface area contributed by atoms with Crippen molar-refractivity contribution in [3.8, 4) is 11.3 Å². The summed E-state index contributed by atoms with van der Waals surface area (Å²) in [5, 5.41) is 0. The lowest BCUT2D eigenvalue weighted by Gasteiger charge is -2.17. The van der Waals surface area contributed by atoms with Crippen LogP contribution in [0.1, 0.15) is 26.6 Å². The fraction of sp³-hybridized carbons (Fsp3) is 0.308. The highest BCUT2D eigenvalue weighted by Gasteiger charge is 2.18. The molecule has 0 bridgehead atoms. The van der Waals surface area contributed by atoms with E-state index in [4.69, 9.17) is 0 Å². The van der Waals surface area contributed by atoms with Crippen LogP contribution in [0.3, 0.4) is 0 Å². The summed E-state index contributed by atoms with van der Waals surface area (Å²) >= 11 is 0. The maximum absolute atomic E-state index is 13.1. The van der Waals surface area contributed by atoms with Crippen LogP contribution in [0.5, 0.6) is 0 Å². The molecule has 2 heterocycles. The molecule has 4 nitrogen and oxygen atoms in total. The van der Waals surface area contributed by atoms with Gasteiger partial charge in [0.1, 0.15) is 11.6 Å². The lowest BCUT2D eigenvalue weighted by Crippen LogP contribution is -2.21. The van der Waals surface area contributed by atoms with Crippen molar-refractivity contribution < 1.29 is 4.39 Å². The molecule has 0 saturated carbocycles. The van der Waals surface area contributed by atoms with Gasteiger partial charge in [0, 0.05) is 23.2 Å². The molecule has 0 aromatic carbocycles. The Morgan fingerprint density at radius 2 is 1.94 bits per heavy atom. The molecule has 0 radical (unpaired) electrons. The smallest absolute Gasteiger partial charge is 0.251 e. The van der Waals surface area contributed by atoms with Gasteiger partial charge in [0.05, 0.1) is 11.9 Å². The summed E-state index contributed by atoms with van der Waals surface area (Å²) in [6, 6.07) is 2.65. The first-order valence-electron chi connectivity index (χ1n) is 5.59. The van der Waals surface area contributed by atoms with E-state index in [1.165, 1.54) is 18.3 Å². The number of hydrogen-bond acceptors (Lipinski definition) is 3. The van der Waals surface area contributed by atoms with Crippen molar-refractivity contribution in [3.05, 3.63) is 46.5 Å². The molecule has 0 amide bonds. The summed E-state index contributed by atoms with van der Waals surface area (Å²) in [4.78, 5) is 22.4. The molecule has 0 fully saturated rings. The summed E-state index contributed by atoms with van der Waals surface area (Å²) in [6.07, 6.45) is 2.60. The Morgan fingerprint density at radius 3 is 2.56 bits per heavy atom. The minimum absolute atomic E-state index is 0.255. The third-order valence-corrected chi connectivity index (χ3v) is 2.45. The first kappa shape index (κ1) is 12.4. The van der Waals surface area contributed by atoms with Crippen LogP contribution >= 0.6 is 0 Å². The highest BCUT2D eigenvalue weighted by molar-refractivity contribution is 5.57. The molecule has 0 atom stereocenters. The van der Waals surface area contributed by atoms with Crippen LogP contribution in [0.2, 0.25) is 0 Å². The van der Waals surface area contributed by atoms with Crippen LogP contribution in [-0.4, -0.2) is 15.0 Å². The van der Waals surface area contributed by atoms with Gasteiger partial charge in [-0.05, 0) is 6.07 Å². The quantitative estimate of drug-likeness (QED) is 0.841. The Kier molecular flexibility index (Phi) is 2.98. The first-order chi connectivity index (χ1) is 8.36. The van der Waals surface area contributed by atoms with Crippen molar-refractivity contribution >= 4 is 0 Å². The Balaban J connectivity index is 2.59. The average Bonchev–Trinajstić information content (AvgIpc) is 2.27. The van der Waals surface area contributed by atoms with Crippen LogP contribution < -0.4 is 5.56 Å². The van der Waals surface area contributed by atoms with Crippen LogP contribution in [0.25, 0.3) is 11.3 Å². The molecule has 2 aromatic heterocycles. The highest BCUT2D eigenvalue weighted by atomic mass is 19.1. The van der Waals surface area contributed by atoms with Gasteiger partial charge in [-0.2, -0.15) is 0 Å². The van der Waals surface area contributed by atoms with E-state index in [2.05, 4.69) is 15.0 Å². The fourth-order valence-corrected chi connectivity index (χ4v) is 1.51. The van der Waals surface area contributed by atoms with E-state index in [9.17, 15) is 9.18 Å². The number of nitrogens with one attached hydrogen (secondary N) is 1. The van der Waals surface area contributed by atoms with E-state index in [0.717, 1.165) is 6.20 Å². The summed E-state index contributed by atoms with van der Waals surface area (Å²) < 4.78 is 13.1. The fourth-order valence-electron chi connectivity index (χ4n) is 1.51. The van der Waals surface area contributed by atoms with Crippen molar-refractivity contribution in [2.45, 2.75) is 26.2 Å². The topological polar surface area (TPSA) is 58.6 Å². The van der Waals surface area contributed by atoms with Crippen LogP contribution in [0.15, 0.2) is 29.3 Å². The van der Waals surface area contributed by atoms with Crippen molar-refractivity contribution in [1.82, 2.24) is 15.0 Å². The zero-order valence-electron chi connectivity index (χ0n) is 10.5. The molecule has 0 spiro atoms. The molecular formula is C13H14FN3O. The number of halogens is 1.